The minimum absolute atomic E-state index is 0.00664. The third-order valence-corrected chi connectivity index (χ3v) is 5.25. The summed E-state index contributed by atoms with van der Waals surface area (Å²) in [6.07, 6.45) is 0. The topological polar surface area (TPSA) is 98.1 Å². The first kappa shape index (κ1) is 21.5. The van der Waals surface area contributed by atoms with Crippen LogP contribution in [0.5, 0.6) is 5.75 Å². The molecule has 8 nitrogen and oxygen atoms in total. The SMILES string of the molecule is CC(=O)Nc1cccc(Cn2c(COc3ccc(Cl)cc3)c3c(=O)n(C)[nH]c3cc2=O)c1. The predicted octanol–water partition coefficient (Wildman–Crippen LogP) is 3.27. The van der Waals surface area contributed by atoms with Gasteiger partial charge in [0.1, 0.15) is 12.4 Å². The number of rotatable bonds is 6. The van der Waals surface area contributed by atoms with Gasteiger partial charge >= 0.3 is 0 Å². The molecule has 0 saturated carbocycles. The number of carbonyl (C=O) groups is 1. The van der Waals surface area contributed by atoms with E-state index < -0.39 is 0 Å². The van der Waals surface area contributed by atoms with Gasteiger partial charge in [-0.25, -0.2) is 0 Å². The lowest BCUT2D eigenvalue weighted by molar-refractivity contribution is -0.114. The van der Waals surface area contributed by atoms with E-state index in [9.17, 15) is 14.4 Å². The highest BCUT2D eigenvalue weighted by atomic mass is 35.5. The summed E-state index contributed by atoms with van der Waals surface area (Å²) in [5.74, 6) is 0.374. The van der Waals surface area contributed by atoms with E-state index in [-0.39, 0.29) is 30.2 Å². The second-order valence-electron chi connectivity index (χ2n) is 7.40. The molecule has 2 heterocycles. The molecular formula is C23H21ClN4O4. The molecule has 1 amide bonds. The molecule has 164 valence electrons. The Kier molecular flexibility index (Phi) is 5.87. The molecule has 0 aliphatic rings. The van der Waals surface area contributed by atoms with Gasteiger partial charge < -0.3 is 14.6 Å². The van der Waals surface area contributed by atoms with Gasteiger partial charge in [0.25, 0.3) is 11.1 Å². The molecule has 2 aromatic carbocycles. The number of H-pyrrole nitrogens is 1. The molecule has 0 bridgehead atoms. The Morgan fingerprint density at radius 1 is 1.12 bits per heavy atom. The summed E-state index contributed by atoms with van der Waals surface area (Å²) in [6, 6.07) is 15.4. The summed E-state index contributed by atoms with van der Waals surface area (Å²) in [4.78, 5) is 37.2. The molecule has 32 heavy (non-hydrogen) atoms. The molecule has 0 atom stereocenters. The Hall–Kier alpha value is -3.78. The Labute approximate surface area is 188 Å². The third kappa shape index (κ3) is 4.45. The second kappa shape index (κ2) is 8.76. The first-order chi connectivity index (χ1) is 15.3. The van der Waals surface area contributed by atoms with E-state index in [2.05, 4.69) is 10.4 Å². The summed E-state index contributed by atoms with van der Waals surface area (Å²) in [7, 11) is 1.60. The maximum atomic E-state index is 13.0. The molecule has 0 aliphatic heterocycles. The zero-order chi connectivity index (χ0) is 22.8. The van der Waals surface area contributed by atoms with Gasteiger partial charge in [0.05, 0.1) is 23.1 Å². The fourth-order valence-electron chi connectivity index (χ4n) is 3.56. The zero-order valence-corrected chi connectivity index (χ0v) is 18.3. The number of carbonyl (C=O) groups excluding carboxylic acids is 1. The minimum atomic E-state index is -0.279. The lowest BCUT2D eigenvalue weighted by Gasteiger charge is -2.15. The quantitative estimate of drug-likeness (QED) is 0.469. The number of anilines is 1. The van der Waals surface area contributed by atoms with E-state index >= 15 is 0 Å². The number of aromatic amines is 1. The highest BCUT2D eigenvalue weighted by Gasteiger charge is 2.17. The molecule has 2 N–H and O–H groups in total. The molecule has 4 rings (SSSR count). The van der Waals surface area contributed by atoms with E-state index in [0.29, 0.717) is 33.1 Å². The number of nitrogens with one attached hydrogen (secondary N) is 2. The number of fused-ring (bicyclic) bond motifs is 1. The van der Waals surface area contributed by atoms with Crippen LogP contribution in [0.15, 0.2) is 64.2 Å². The van der Waals surface area contributed by atoms with Crippen molar-refractivity contribution in [1.82, 2.24) is 14.3 Å². The standard InChI is InChI=1S/C23H21ClN4O4/c1-14(29)25-17-5-3-4-15(10-17)12-28-20(13-32-18-8-6-16(24)7-9-18)22-19(11-21(28)30)26-27(2)23(22)31/h3-11,26H,12-13H2,1-2H3,(H,25,29). The Morgan fingerprint density at radius 2 is 1.88 bits per heavy atom. The van der Waals surface area contributed by atoms with Crippen LogP contribution in [0.3, 0.4) is 0 Å². The number of aryl methyl sites for hydroxylation is 1. The van der Waals surface area contributed by atoms with Crippen LogP contribution in [-0.2, 0) is 25.0 Å². The van der Waals surface area contributed by atoms with Crippen LogP contribution in [0.1, 0.15) is 18.2 Å². The first-order valence-corrected chi connectivity index (χ1v) is 10.3. The maximum Gasteiger partial charge on any atom is 0.276 e. The third-order valence-electron chi connectivity index (χ3n) is 5.00. The van der Waals surface area contributed by atoms with Crippen molar-refractivity contribution in [3.63, 3.8) is 0 Å². The number of ether oxygens (including phenoxy) is 1. The summed E-state index contributed by atoms with van der Waals surface area (Å²) in [5, 5.41) is 6.61. The summed E-state index contributed by atoms with van der Waals surface area (Å²) < 4.78 is 8.74. The fraction of sp³-hybridized carbons (Fsp3) is 0.174. The van der Waals surface area contributed by atoms with Crippen molar-refractivity contribution in [2.24, 2.45) is 7.05 Å². The van der Waals surface area contributed by atoms with Crippen molar-refractivity contribution in [2.75, 3.05) is 5.32 Å². The maximum absolute atomic E-state index is 13.0. The molecule has 0 fully saturated rings. The van der Waals surface area contributed by atoms with Crippen LogP contribution in [0, 0.1) is 0 Å². The number of amides is 1. The van der Waals surface area contributed by atoms with Crippen LogP contribution in [0.2, 0.25) is 5.02 Å². The molecule has 0 saturated heterocycles. The van der Waals surface area contributed by atoms with Gasteiger partial charge in [0.15, 0.2) is 0 Å². The highest BCUT2D eigenvalue weighted by molar-refractivity contribution is 6.30. The monoisotopic (exact) mass is 452 g/mol. The highest BCUT2D eigenvalue weighted by Crippen LogP contribution is 2.20. The van der Waals surface area contributed by atoms with Gasteiger partial charge in [-0.2, -0.15) is 0 Å². The zero-order valence-electron chi connectivity index (χ0n) is 17.5. The van der Waals surface area contributed by atoms with Crippen LogP contribution in [0.25, 0.3) is 10.9 Å². The van der Waals surface area contributed by atoms with E-state index in [0.717, 1.165) is 5.56 Å². The lowest BCUT2D eigenvalue weighted by atomic mass is 10.1. The molecular weight excluding hydrogens is 432 g/mol. The number of hydrogen-bond acceptors (Lipinski definition) is 4. The van der Waals surface area contributed by atoms with E-state index in [1.807, 2.05) is 6.07 Å². The fourth-order valence-corrected chi connectivity index (χ4v) is 3.69. The number of nitrogens with zero attached hydrogens (tertiary/aromatic N) is 2. The summed E-state index contributed by atoms with van der Waals surface area (Å²) in [6.45, 7) is 1.64. The molecule has 2 aromatic heterocycles. The normalized spacial score (nSPS) is 11.0. The molecule has 0 aliphatic carbocycles. The Morgan fingerprint density at radius 3 is 2.59 bits per heavy atom. The molecule has 0 unspecified atom stereocenters. The minimum Gasteiger partial charge on any atom is -0.487 e. The van der Waals surface area contributed by atoms with Gasteiger partial charge in [-0.1, -0.05) is 23.7 Å². The van der Waals surface area contributed by atoms with Crippen molar-refractivity contribution in [1.29, 1.82) is 0 Å². The van der Waals surface area contributed by atoms with Gasteiger partial charge in [0, 0.05) is 30.7 Å². The van der Waals surface area contributed by atoms with Gasteiger partial charge in [-0.05, 0) is 42.0 Å². The van der Waals surface area contributed by atoms with Crippen LogP contribution >= 0.6 is 11.6 Å². The van der Waals surface area contributed by atoms with Crippen LogP contribution in [-0.4, -0.2) is 20.3 Å². The number of pyridine rings is 1. The van der Waals surface area contributed by atoms with Crippen LogP contribution in [0.4, 0.5) is 5.69 Å². The number of hydrogen-bond donors (Lipinski definition) is 2. The summed E-state index contributed by atoms with van der Waals surface area (Å²) >= 11 is 5.94. The lowest BCUT2D eigenvalue weighted by Crippen LogP contribution is -2.26. The van der Waals surface area contributed by atoms with Crippen LogP contribution < -0.4 is 21.2 Å². The largest absolute Gasteiger partial charge is 0.487 e. The van der Waals surface area contributed by atoms with Crippen molar-refractivity contribution < 1.29 is 9.53 Å². The summed E-state index contributed by atoms with van der Waals surface area (Å²) in [5.41, 5.74) is 1.78. The second-order valence-corrected chi connectivity index (χ2v) is 7.84. The number of halogens is 1. The van der Waals surface area contributed by atoms with Crippen molar-refractivity contribution >= 4 is 34.1 Å². The van der Waals surface area contributed by atoms with E-state index in [1.165, 1.54) is 22.2 Å². The van der Waals surface area contributed by atoms with Crippen molar-refractivity contribution in [2.45, 2.75) is 20.1 Å². The molecule has 0 spiro atoms. The van der Waals surface area contributed by atoms with E-state index in [1.54, 1.807) is 49.5 Å². The molecule has 0 radical (unpaired) electrons. The molecule has 4 aromatic rings. The Balaban J connectivity index is 1.78. The van der Waals surface area contributed by atoms with E-state index in [4.69, 9.17) is 16.3 Å². The average Bonchev–Trinajstić information content (AvgIpc) is 3.02. The number of aromatic nitrogens is 3. The predicted molar refractivity (Wildman–Crippen MR) is 123 cm³/mol. The van der Waals surface area contributed by atoms with Crippen molar-refractivity contribution in [3.8, 4) is 5.75 Å². The Bertz CT molecular complexity index is 1420. The van der Waals surface area contributed by atoms with Gasteiger partial charge in [-0.3, -0.25) is 24.2 Å². The first-order valence-electron chi connectivity index (χ1n) is 9.88. The smallest absolute Gasteiger partial charge is 0.276 e. The average molecular weight is 453 g/mol. The molecule has 9 heteroatoms. The van der Waals surface area contributed by atoms with Gasteiger partial charge in [-0.15, -0.1) is 0 Å². The van der Waals surface area contributed by atoms with Gasteiger partial charge in [0.2, 0.25) is 5.91 Å². The number of benzene rings is 2. The van der Waals surface area contributed by atoms with Crippen molar-refractivity contribution in [3.05, 3.63) is 91.6 Å².